The molecule has 0 saturated carbocycles. The number of fused-ring (bicyclic) bond motifs is 2. The number of carbonyl (C=O) groups excluding carboxylic acids is 5. The van der Waals surface area contributed by atoms with Crippen molar-refractivity contribution in [2.45, 2.75) is 31.8 Å². The molecule has 1 atom stereocenters. The fourth-order valence-electron chi connectivity index (χ4n) is 6.83. The molecule has 7 rings (SSSR count). The van der Waals surface area contributed by atoms with Crippen molar-refractivity contribution in [2.75, 3.05) is 50.0 Å². The molecule has 0 spiro atoms. The maximum Gasteiger partial charge on any atom is 0.262 e. The first-order chi connectivity index (χ1) is 26.5. The van der Waals surface area contributed by atoms with E-state index in [9.17, 15) is 28.4 Å². The Balaban J connectivity index is 0.936. The molecule has 2 fully saturated rings. The van der Waals surface area contributed by atoms with Crippen molar-refractivity contribution < 1.29 is 37.5 Å². The average molecular weight is 773 g/mol. The maximum absolute atomic E-state index is 15.2. The number of benzene rings is 3. The molecule has 0 aliphatic carbocycles. The fraction of sp³-hybridized carbons (Fsp3) is 0.289. The Kier molecular flexibility index (Phi) is 10.8. The van der Waals surface area contributed by atoms with Crippen molar-refractivity contribution in [1.29, 1.82) is 0 Å². The average Bonchev–Trinajstić information content (AvgIpc) is 3.40. The number of ether oxygens (including phenoxy) is 1. The summed E-state index contributed by atoms with van der Waals surface area (Å²) in [5.74, 6) is -3.41. The summed E-state index contributed by atoms with van der Waals surface area (Å²) in [6.45, 7) is 7.48. The van der Waals surface area contributed by atoms with Gasteiger partial charge in [0.1, 0.15) is 35.6 Å². The van der Waals surface area contributed by atoms with Crippen LogP contribution in [0.5, 0.6) is 5.75 Å². The van der Waals surface area contributed by atoms with Gasteiger partial charge in [-0.15, -0.1) is 0 Å². The highest BCUT2D eigenvalue weighted by molar-refractivity contribution is 6.31. The summed E-state index contributed by atoms with van der Waals surface area (Å²) < 4.78 is 35.1. The molecule has 0 bridgehead atoms. The summed E-state index contributed by atoms with van der Waals surface area (Å²) >= 11 is 5.95. The number of amides is 5. The second-order valence-electron chi connectivity index (χ2n) is 13.3. The standard InChI is InChI=1S/C38H35ClF2N8O6/c1-2-33(50)45-30-17-25-29(42-20-43-35(25)44-22-4-5-27(40)26(39)15-22)18-32(30)55-13-3-8-47-9-11-48(12-10-47)19-21-14-23-24(16-28(21)41)38(54)49(37(23)53)31-6-7-34(51)46-36(31)52/h2,4-5,14-18,20,31H,1,3,6-13,19H2,(H,45,50)(H,42,43,44)(H,46,51,52). The van der Waals surface area contributed by atoms with Gasteiger partial charge in [-0.05, 0) is 55.3 Å². The summed E-state index contributed by atoms with van der Waals surface area (Å²) in [4.78, 5) is 76.3. The quantitative estimate of drug-likeness (QED) is 0.106. The highest BCUT2D eigenvalue weighted by Gasteiger charge is 2.45. The molecule has 3 N–H and O–H groups in total. The number of aromatic nitrogens is 2. The lowest BCUT2D eigenvalue weighted by Gasteiger charge is -2.34. The third kappa shape index (κ3) is 8.01. The van der Waals surface area contributed by atoms with E-state index in [1.54, 1.807) is 12.1 Å². The zero-order valence-electron chi connectivity index (χ0n) is 29.4. The first-order valence-electron chi connectivity index (χ1n) is 17.5. The second-order valence-corrected chi connectivity index (χ2v) is 13.7. The van der Waals surface area contributed by atoms with E-state index in [0.717, 1.165) is 17.0 Å². The predicted octanol–water partition coefficient (Wildman–Crippen LogP) is 4.42. The third-order valence-corrected chi connectivity index (χ3v) is 9.99. The molecule has 1 aromatic heterocycles. The molecular formula is C38H35ClF2N8O6. The van der Waals surface area contributed by atoms with Gasteiger partial charge in [-0.25, -0.2) is 18.7 Å². The number of halogens is 3. The zero-order chi connectivity index (χ0) is 38.8. The number of rotatable bonds is 12. The Hall–Kier alpha value is -5.84. The molecule has 4 aromatic rings. The summed E-state index contributed by atoms with van der Waals surface area (Å²) in [5.41, 5.74) is 1.65. The van der Waals surface area contributed by atoms with Gasteiger partial charge < -0.3 is 20.3 Å². The fourth-order valence-corrected chi connectivity index (χ4v) is 7.01. The predicted molar refractivity (Wildman–Crippen MR) is 198 cm³/mol. The van der Waals surface area contributed by atoms with Gasteiger partial charge in [0.2, 0.25) is 17.7 Å². The van der Waals surface area contributed by atoms with Gasteiger partial charge in [-0.3, -0.25) is 39.1 Å². The number of piperazine rings is 1. The van der Waals surface area contributed by atoms with E-state index in [1.165, 1.54) is 30.6 Å². The van der Waals surface area contributed by atoms with Crippen molar-refractivity contribution in [1.82, 2.24) is 30.0 Å². The van der Waals surface area contributed by atoms with E-state index in [0.29, 0.717) is 79.6 Å². The van der Waals surface area contributed by atoms with Crippen LogP contribution in [0.15, 0.2) is 61.4 Å². The van der Waals surface area contributed by atoms with Gasteiger partial charge in [-0.1, -0.05) is 18.2 Å². The van der Waals surface area contributed by atoms with Crippen LogP contribution in [0.2, 0.25) is 5.02 Å². The Morgan fingerprint density at radius 2 is 1.73 bits per heavy atom. The number of anilines is 3. The van der Waals surface area contributed by atoms with Gasteiger partial charge in [0.15, 0.2) is 0 Å². The number of nitrogens with one attached hydrogen (secondary N) is 3. The number of imide groups is 2. The van der Waals surface area contributed by atoms with E-state index in [-0.39, 0.29) is 41.1 Å². The van der Waals surface area contributed by atoms with Gasteiger partial charge in [0.25, 0.3) is 11.8 Å². The molecule has 1 unspecified atom stereocenters. The van der Waals surface area contributed by atoms with Crippen molar-refractivity contribution in [2.24, 2.45) is 0 Å². The molecule has 5 amide bonds. The van der Waals surface area contributed by atoms with E-state index in [1.807, 2.05) is 0 Å². The molecule has 284 valence electrons. The summed E-state index contributed by atoms with van der Waals surface area (Å²) in [5, 5.41) is 8.56. The molecular weight excluding hydrogens is 738 g/mol. The monoisotopic (exact) mass is 772 g/mol. The Labute approximate surface area is 318 Å². The molecule has 55 heavy (non-hydrogen) atoms. The molecule has 17 heteroatoms. The van der Waals surface area contributed by atoms with E-state index >= 15 is 4.39 Å². The number of carbonyl (C=O) groups is 5. The second kappa shape index (κ2) is 15.9. The van der Waals surface area contributed by atoms with E-state index < -0.39 is 47.2 Å². The van der Waals surface area contributed by atoms with Crippen LogP contribution in [0, 0.1) is 11.6 Å². The van der Waals surface area contributed by atoms with Crippen LogP contribution in [0.1, 0.15) is 45.5 Å². The van der Waals surface area contributed by atoms with Crippen LogP contribution in [0.4, 0.5) is 26.0 Å². The number of piperidine rings is 1. The molecule has 2 saturated heterocycles. The molecule has 4 heterocycles. The normalized spacial score (nSPS) is 17.7. The van der Waals surface area contributed by atoms with Crippen molar-refractivity contribution >= 4 is 69.2 Å². The number of nitrogens with zero attached hydrogens (tertiary/aromatic N) is 5. The highest BCUT2D eigenvalue weighted by atomic mass is 35.5. The topological polar surface area (TPSA) is 166 Å². The van der Waals surface area contributed by atoms with E-state index in [2.05, 4.69) is 42.3 Å². The Morgan fingerprint density at radius 1 is 0.982 bits per heavy atom. The first-order valence-corrected chi connectivity index (χ1v) is 17.9. The van der Waals surface area contributed by atoms with Crippen molar-refractivity contribution in [3.63, 3.8) is 0 Å². The Bertz CT molecular complexity index is 2250. The zero-order valence-corrected chi connectivity index (χ0v) is 30.1. The van der Waals surface area contributed by atoms with Crippen molar-refractivity contribution in [3.05, 3.63) is 94.8 Å². The van der Waals surface area contributed by atoms with Crippen LogP contribution in [0.25, 0.3) is 10.9 Å². The van der Waals surface area contributed by atoms with Gasteiger partial charge >= 0.3 is 0 Å². The number of hydrogen-bond acceptors (Lipinski definition) is 11. The lowest BCUT2D eigenvalue weighted by molar-refractivity contribution is -0.136. The maximum atomic E-state index is 15.2. The van der Waals surface area contributed by atoms with Crippen molar-refractivity contribution in [3.8, 4) is 5.75 Å². The minimum atomic E-state index is -1.12. The largest absolute Gasteiger partial charge is 0.491 e. The van der Waals surface area contributed by atoms with E-state index in [4.69, 9.17) is 16.3 Å². The summed E-state index contributed by atoms with van der Waals surface area (Å²) in [6, 6.07) is 8.91. The van der Waals surface area contributed by atoms with Crippen LogP contribution in [0.3, 0.4) is 0 Å². The SMILES string of the molecule is C=CC(=O)Nc1cc2c(Nc3ccc(F)c(Cl)c3)ncnc2cc1OCCCN1CCN(Cc2cc3c(cc2F)C(=O)N(C2CCC(=O)NC2=O)C3=O)CC1. The molecule has 0 radical (unpaired) electrons. The van der Waals surface area contributed by atoms with Crippen LogP contribution in [-0.2, 0) is 20.9 Å². The van der Waals surface area contributed by atoms with Gasteiger partial charge in [0.05, 0.1) is 34.0 Å². The Morgan fingerprint density at radius 3 is 2.45 bits per heavy atom. The van der Waals surface area contributed by atoms with Crippen LogP contribution >= 0.6 is 11.6 Å². The minimum absolute atomic E-state index is 0.00292. The third-order valence-electron chi connectivity index (χ3n) is 9.70. The van der Waals surface area contributed by atoms with Gasteiger partial charge in [0, 0.05) is 68.4 Å². The summed E-state index contributed by atoms with van der Waals surface area (Å²) in [7, 11) is 0. The molecule has 3 aliphatic rings. The van der Waals surface area contributed by atoms with Crippen LogP contribution in [-0.4, -0.2) is 99.6 Å². The molecule has 14 nitrogen and oxygen atoms in total. The highest BCUT2D eigenvalue weighted by Crippen LogP contribution is 2.34. The van der Waals surface area contributed by atoms with Gasteiger partial charge in [-0.2, -0.15) is 0 Å². The summed E-state index contributed by atoms with van der Waals surface area (Å²) in [6.07, 6.45) is 3.20. The molecule has 3 aliphatic heterocycles. The first kappa shape index (κ1) is 37.5. The lowest BCUT2D eigenvalue weighted by atomic mass is 10.0. The number of hydrogen-bond donors (Lipinski definition) is 3. The minimum Gasteiger partial charge on any atom is -0.491 e. The molecule has 3 aromatic carbocycles. The smallest absolute Gasteiger partial charge is 0.262 e. The van der Waals surface area contributed by atoms with Crippen LogP contribution < -0.4 is 20.7 Å². The lowest BCUT2D eigenvalue weighted by Crippen LogP contribution is -2.54.